The second-order valence-electron chi connectivity index (χ2n) is 7.40. The van der Waals surface area contributed by atoms with E-state index in [1.807, 2.05) is 6.92 Å². The third kappa shape index (κ3) is 4.85. The minimum atomic E-state index is -1.64. The summed E-state index contributed by atoms with van der Waals surface area (Å²) in [5.74, 6) is -6.58. The van der Waals surface area contributed by atoms with E-state index < -0.39 is 40.1 Å². The predicted octanol–water partition coefficient (Wildman–Crippen LogP) is 8.32. The lowest BCUT2D eigenvalue weighted by atomic mass is 9.98. The Bertz CT molecular complexity index is 1150. The van der Waals surface area contributed by atoms with E-state index in [1.165, 1.54) is 42.5 Å². The van der Waals surface area contributed by atoms with Crippen molar-refractivity contribution in [3.63, 3.8) is 0 Å². The molecule has 0 radical (unpaired) electrons. The molecule has 0 aliphatic rings. The number of hydrogen-bond donors (Lipinski definition) is 0. The van der Waals surface area contributed by atoms with Crippen molar-refractivity contribution in [3.05, 3.63) is 89.3 Å². The van der Waals surface area contributed by atoms with Crippen LogP contribution in [0.25, 0.3) is 22.4 Å². The maximum absolute atomic E-state index is 14.8. The number of aryl methyl sites for hydroxylation is 1. The molecule has 0 spiro atoms. The summed E-state index contributed by atoms with van der Waals surface area (Å²) in [4.78, 5) is 0. The Morgan fingerprint density at radius 1 is 0.906 bits per heavy atom. The number of unbranched alkanes of at least 4 members (excludes halogenated alkanes) is 2. The summed E-state index contributed by atoms with van der Waals surface area (Å²) in [6.07, 6.45) is 4.43. The molecule has 1 nitrogen and oxygen atoms in total. The summed E-state index contributed by atoms with van der Waals surface area (Å²) in [5, 5.41) is -0.607. The van der Waals surface area contributed by atoms with Gasteiger partial charge in [-0.1, -0.05) is 44.6 Å². The van der Waals surface area contributed by atoms with E-state index in [2.05, 4.69) is 6.58 Å². The van der Waals surface area contributed by atoms with Gasteiger partial charge in [0.15, 0.2) is 23.3 Å². The van der Waals surface area contributed by atoms with Gasteiger partial charge < -0.3 is 4.74 Å². The molecule has 168 valence electrons. The molecule has 3 aromatic rings. The summed E-state index contributed by atoms with van der Waals surface area (Å²) in [7, 11) is 0. The maximum atomic E-state index is 14.8. The van der Waals surface area contributed by atoms with Gasteiger partial charge in [0, 0.05) is 5.56 Å². The van der Waals surface area contributed by atoms with Crippen LogP contribution in [0.4, 0.5) is 22.0 Å². The number of ether oxygens (including phenoxy) is 1. The van der Waals surface area contributed by atoms with Crippen LogP contribution in [0.2, 0.25) is 0 Å². The van der Waals surface area contributed by atoms with Crippen molar-refractivity contribution in [1.29, 1.82) is 0 Å². The molecular formula is C26H23F5O. The number of rotatable bonds is 9. The highest BCUT2D eigenvalue weighted by molar-refractivity contribution is 5.91. The van der Waals surface area contributed by atoms with Crippen LogP contribution in [0.15, 0.2) is 55.1 Å². The Labute approximate surface area is 183 Å². The first-order chi connectivity index (χ1) is 15.4. The fraction of sp³-hybridized carbons (Fsp3) is 0.231. The van der Waals surface area contributed by atoms with Crippen molar-refractivity contribution in [1.82, 2.24) is 0 Å². The third-order valence-corrected chi connectivity index (χ3v) is 5.16. The monoisotopic (exact) mass is 446 g/mol. The molecule has 0 unspecified atom stereocenters. The minimum absolute atomic E-state index is 0.0493. The smallest absolute Gasteiger partial charge is 0.170 e. The van der Waals surface area contributed by atoms with E-state index in [4.69, 9.17) is 4.74 Å². The van der Waals surface area contributed by atoms with E-state index in [-0.39, 0.29) is 23.1 Å². The second-order valence-corrected chi connectivity index (χ2v) is 7.40. The van der Waals surface area contributed by atoms with Crippen LogP contribution < -0.4 is 4.74 Å². The lowest BCUT2D eigenvalue weighted by molar-refractivity contribution is 0.363. The van der Waals surface area contributed by atoms with Gasteiger partial charge in [-0.25, -0.2) is 22.0 Å². The maximum Gasteiger partial charge on any atom is 0.170 e. The number of hydrogen-bond acceptors (Lipinski definition) is 1. The highest BCUT2D eigenvalue weighted by Crippen LogP contribution is 2.36. The van der Waals surface area contributed by atoms with Gasteiger partial charge in [-0.15, -0.1) is 0 Å². The van der Waals surface area contributed by atoms with Crippen molar-refractivity contribution in [2.24, 2.45) is 0 Å². The first kappa shape index (κ1) is 23.5. The molecule has 0 aliphatic heterocycles. The summed E-state index contributed by atoms with van der Waals surface area (Å²) < 4.78 is 79.0. The van der Waals surface area contributed by atoms with Gasteiger partial charge in [-0.05, 0) is 54.1 Å². The molecule has 0 aliphatic carbocycles. The molecule has 0 saturated heterocycles. The van der Waals surface area contributed by atoms with E-state index in [0.29, 0.717) is 18.6 Å². The summed E-state index contributed by atoms with van der Waals surface area (Å²) in [5.41, 5.74) is -0.818. The Morgan fingerprint density at radius 3 is 2.28 bits per heavy atom. The zero-order valence-electron chi connectivity index (χ0n) is 17.7. The van der Waals surface area contributed by atoms with Gasteiger partial charge in [0.1, 0.15) is 18.2 Å². The van der Waals surface area contributed by atoms with E-state index in [0.717, 1.165) is 18.9 Å². The molecule has 0 atom stereocenters. The molecule has 0 aromatic heterocycles. The number of benzene rings is 3. The molecule has 0 amide bonds. The fourth-order valence-corrected chi connectivity index (χ4v) is 3.44. The summed E-state index contributed by atoms with van der Waals surface area (Å²) in [6.45, 7) is 5.75. The molecule has 3 aromatic carbocycles. The molecule has 0 fully saturated rings. The number of halogens is 5. The van der Waals surface area contributed by atoms with Crippen LogP contribution in [0, 0.1) is 17.5 Å². The van der Waals surface area contributed by atoms with Crippen molar-refractivity contribution in [3.8, 4) is 5.75 Å². The summed E-state index contributed by atoms with van der Waals surface area (Å²) in [6, 6.07) is 9.12. The topological polar surface area (TPSA) is 9.23 Å². The predicted molar refractivity (Wildman–Crippen MR) is 118 cm³/mol. The van der Waals surface area contributed by atoms with Crippen LogP contribution in [-0.2, 0) is 6.42 Å². The Hall–Kier alpha value is -3.15. The standard InChI is InChI=1S/C26H23F5O/c1-3-5-6-7-16-8-9-18-15-20(25(30)26(31)21(18)22(16)27)24(29)23(28)17-10-12-19(13-11-17)32-14-4-2/h4,8-13,15H,2-3,5-7,14H2,1H3. The van der Waals surface area contributed by atoms with Gasteiger partial charge in [-0.2, -0.15) is 0 Å². The number of fused-ring (bicyclic) bond motifs is 1. The van der Waals surface area contributed by atoms with Gasteiger partial charge in [0.25, 0.3) is 0 Å². The lowest BCUT2D eigenvalue weighted by Gasteiger charge is -2.11. The molecule has 32 heavy (non-hydrogen) atoms. The first-order valence-electron chi connectivity index (χ1n) is 10.4. The van der Waals surface area contributed by atoms with Gasteiger partial charge >= 0.3 is 0 Å². The minimum Gasteiger partial charge on any atom is -0.490 e. The molecule has 0 heterocycles. The second kappa shape index (κ2) is 10.4. The highest BCUT2D eigenvalue weighted by atomic mass is 19.2. The lowest BCUT2D eigenvalue weighted by Crippen LogP contribution is -2.00. The first-order valence-corrected chi connectivity index (χ1v) is 10.4. The Balaban J connectivity index is 2.01. The van der Waals surface area contributed by atoms with Gasteiger partial charge in [0.05, 0.1) is 10.9 Å². The summed E-state index contributed by atoms with van der Waals surface area (Å²) >= 11 is 0. The molecular weight excluding hydrogens is 423 g/mol. The van der Waals surface area contributed by atoms with E-state index in [1.54, 1.807) is 0 Å². The average Bonchev–Trinajstić information content (AvgIpc) is 2.80. The third-order valence-electron chi connectivity index (χ3n) is 5.16. The van der Waals surface area contributed by atoms with Gasteiger partial charge in [-0.3, -0.25) is 0 Å². The van der Waals surface area contributed by atoms with Crippen LogP contribution in [0.5, 0.6) is 5.75 Å². The molecule has 0 bridgehead atoms. The quantitative estimate of drug-likeness (QED) is 0.139. The highest BCUT2D eigenvalue weighted by Gasteiger charge is 2.23. The van der Waals surface area contributed by atoms with Crippen molar-refractivity contribution >= 4 is 22.4 Å². The van der Waals surface area contributed by atoms with E-state index >= 15 is 0 Å². The Morgan fingerprint density at radius 2 is 1.62 bits per heavy atom. The average molecular weight is 446 g/mol. The molecule has 0 N–H and O–H groups in total. The van der Waals surface area contributed by atoms with Crippen molar-refractivity contribution < 1.29 is 26.7 Å². The van der Waals surface area contributed by atoms with E-state index in [9.17, 15) is 22.0 Å². The van der Waals surface area contributed by atoms with Crippen LogP contribution in [0.3, 0.4) is 0 Å². The Kier molecular flexibility index (Phi) is 7.67. The largest absolute Gasteiger partial charge is 0.490 e. The SMILES string of the molecule is C=CCOc1ccc(C(F)=C(F)c2cc3ccc(CCCCC)c(F)c3c(F)c2F)cc1. The van der Waals surface area contributed by atoms with Crippen LogP contribution >= 0.6 is 0 Å². The fourth-order valence-electron chi connectivity index (χ4n) is 3.44. The molecule has 3 rings (SSSR count). The normalized spacial score (nSPS) is 12.1. The van der Waals surface area contributed by atoms with Crippen LogP contribution in [-0.4, -0.2) is 6.61 Å². The van der Waals surface area contributed by atoms with Crippen molar-refractivity contribution in [2.45, 2.75) is 32.6 Å². The zero-order chi connectivity index (χ0) is 23.3. The van der Waals surface area contributed by atoms with Crippen molar-refractivity contribution in [2.75, 3.05) is 6.61 Å². The van der Waals surface area contributed by atoms with Gasteiger partial charge in [0.2, 0.25) is 0 Å². The zero-order valence-corrected chi connectivity index (χ0v) is 17.7. The van der Waals surface area contributed by atoms with Crippen LogP contribution in [0.1, 0.15) is 42.9 Å². The molecule has 6 heteroatoms. The molecule has 0 saturated carbocycles.